The Labute approximate surface area is 322 Å². The summed E-state index contributed by atoms with van der Waals surface area (Å²) in [5, 5.41) is 0. The Hall–Kier alpha value is -4.90. The van der Waals surface area contributed by atoms with Gasteiger partial charge in [-0.1, -0.05) is 151 Å². The van der Waals surface area contributed by atoms with E-state index in [0.29, 0.717) is 0 Å². The minimum atomic E-state index is -0.0832. The number of anilines is 3. The van der Waals surface area contributed by atoms with E-state index in [1.165, 1.54) is 55.6 Å². The number of hydrogen-bond donors (Lipinski definition) is 0. The molecule has 4 heteroatoms. The number of rotatable bonds is 3. The summed E-state index contributed by atoms with van der Waals surface area (Å²) >= 11 is 7.92. The fraction of sp³-hybridized carbons (Fsp3) is 0.125. The van der Waals surface area contributed by atoms with Crippen molar-refractivity contribution in [2.45, 2.75) is 38.5 Å². The van der Waals surface area contributed by atoms with E-state index in [1.807, 2.05) is 0 Å². The van der Waals surface area contributed by atoms with E-state index in [-0.39, 0.29) is 10.8 Å². The molecule has 0 saturated carbocycles. The molecule has 0 spiro atoms. The quantitative estimate of drug-likeness (QED) is 0.176. The molecule has 2 nitrogen and oxygen atoms in total. The normalized spacial score (nSPS) is 15.2. The lowest BCUT2D eigenvalue weighted by Gasteiger charge is -2.34. The van der Waals surface area contributed by atoms with Gasteiger partial charge in [0.2, 0.25) is 0 Å². The van der Waals surface area contributed by atoms with E-state index >= 15 is 0 Å². The van der Waals surface area contributed by atoms with Crippen molar-refractivity contribution >= 4 is 48.9 Å². The first-order valence-electron chi connectivity index (χ1n) is 17.8. The van der Waals surface area contributed by atoms with Crippen molar-refractivity contribution in [2.24, 2.45) is 0 Å². The van der Waals surface area contributed by atoms with Crippen LogP contribution in [0.1, 0.15) is 49.9 Å². The molecule has 1 aliphatic heterocycles. The molecule has 10 rings (SSSR count). The monoisotopic (exact) mass is 799 g/mol. The van der Waals surface area contributed by atoms with E-state index in [1.54, 1.807) is 0 Å². The highest BCUT2D eigenvalue weighted by molar-refractivity contribution is 9.11. The molecule has 2 aliphatic carbocycles. The third kappa shape index (κ3) is 4.53. The maximum Gasteiger partial charge on any atom is 0.152 e. The standard InChI is InChI=1S/C48H35Br2NO/c1-47(2)37-16-10-8-14-31(37)33-20-18-28(22-39(33)47)35-24-43-45(26-41(35)49)52-46-27-42(50)36(25-44(46)51(43)30-12-6-5-7-13-30)29-19-21-34-32-15-9-11-17-38(32)48(3,4)40(34)23-29/h5-27H,1-4H3. The van der Waals surface area contributed by atoms with Crippen LogP contribution in [0.15, 0.2) is 148 Å². The van der Waals surface area contributed by atoms with E-state index in [4.69, 9.17) is 4.74 Å². The Balaban J connectivity index is 1.12. The van der Waals surface area contributed by atoms with Gasteiger partial charge in [-0.25, -0.2) is 0 Å². The Kier molecular flexibility index (Phi) is 6.91. The lowest BCUT2D eigenvalue weighted by molar-refractivity contribution is 0.476. The molecule has 0 aromatic heterocycles. The van der Waals surface area contributed by atoms with Crippen molar-refractivity contribution in [1.82, 2.24) is 0 Å². The number of para-hydroxylation sites is 1. The maximum atomic E-state index is 6.77. The second-order valence-corrected chi connectivity index (χ2v) is 16.9. The van der Waals surface area contributed by atoms with Gasteiger partial charge in [0, 0.05) is 25.5 Å². The van der Waals surface area contributed by atoms with Crippen LogP contribution in [0.2, 0.25) is 0 Å². The topological polar surface area (TPSA) is 12.5 Å². The summed E-state index contributed by atoms with van der Waals surface area (Å²) in [6.45, 7) is 9.34. The summed E-state index contributed by atoms with van der Waals surface area (Å²) in [7, 11) is 0. The van der Waals surface area contributed by atoms with E-state index < -0.39 is 0 Å². The maximum absolute atomic E-state index is 6.77. The summed E-state index contributed by atoms with van der Waals surface area (Å²) in [4.78, 5) is 2.35. The lowest BCUT2D eigenvalue weighted by Crippen LogP contribution is -2.16. The second-order valence-electron chi connectivity index (χ2n) is 15.2. The van der Waals surface area contributed by atoms with Gasteiger partial charge in [-0.15, -0.1) is 0 Å². The predicted molar refractivity (Wildman–Crippen MR) is 223 cm³/mol. The van der Waals surface area contributed by atoms with Crippen LogP contribution in [0.3, 0.4) is 0 Å². The van der Waals surface area contributed by atoms with E-state index in [0.717, 1.165) is 48.6 Å². The second kappa shape index (κ2) is 11.3. The van der Waals surface area contributed by atoms with Crippen molar-refractivity contribution in [2.75, 3.05) is 4.90 Å². The first-order valence-corrected chi connectivity index (χ1v) is 19.4. The Bertz CT molecular complexity index is 2480. The summed E-state index contributed by atoms with van der Waals surface area (Å²) < 4.78 is 8.76. The van der Waals surface area contributed by atoms with Crippen molar-refractivity contribution in [3.63, 3.8) is 0 Å². The summed E-state index contributed by atoms with van der Waals surface area (Å²) in [6, 6.07) is 50.9. The van der Waals surface area contributed by atoms with Gasteiger partial charge in [-0.3, -0.25) is 0 Å². The number of halogens is 2. The molecule has 3 aliphatic rings. The smallest absolute Gasteiger partial charge is 0.152 e. The summed E-state index contributed by atoms with van der Waals surface area (Å²) in [5.74, 6) is 1.61. The van der Waals surface area contributed by atoms with Gasteiger partial charge in [-0.05, 0) is 115 Å². The van der Waals surface area contributed by atoms with Crippen LogP contribution in [-0.2, 0) is 10.8 Å². The van der Waals surface area contributed by atoms with Gasteiger partial charge in [0.1, 0.15) is 0 Å². The Morgan fingerprint density at radius 3 is 1.33 bits per heavy atom. The average Bonchev–Trinajstić information content (AvgIpc) is 3.53. The van der Waals surface area contributed by atoms with Crippen LogP contribution < -0.4 is 9.64 Å². The fourth-order valence-electron chi connectivity index (χ4n) is 8.89. The fourth-order valence-corrected chi connectivity index (χ4v) is 9.99. The number of benzene rings is 7. The van der Waals surface area contributed by atoms with Crippen molar-refractivity contribution in [3.8, 4) is 56.0 Å². The van der Waals surface area contributed by atoms with Crippen molar-refractivity contribution in [3.05, 3.63) is 171 Å². The van der Waals surface area contributed by atoms with Gasteiger partial charge < -0.3 is 9.64 Å². The van der Waals surface area contributed by atoms with Gasteiger partial charge >= 0.3 is 0 Å². The summed E-state index contributed by atoms with van der Waals surface area (Å²) in [6.07, 6.45) is 0. The molecule has 0 amide bonds. The zero-order chi connectivity index (χ0) is 35.5. The molecule has 52 heavy (non-hydrogen) atoms. The molecule has 0 N–H and O–H groups in total. The SMILES string of the molecule is CC1(C)c2ccccc2-c2ccc(-c3cc4c(cc3Br)Oc3cc(Br)c(-c5ccc6c(c5)C(C)(C)c5ccccc5-6)cc3N4c3ccccc3)cc21. The molecule has 0 fully saturated rings. The predicted octanol–water partition coefficient (Wildman–Crippen LogP) is 14.7. The third-order valence-corrected chi connectivity index (χ3v) is 12.9. The minimum absolute atomic E-state index is 0.0832. The van der Waals surface area contributed by atoms with E-state index in [2.05, 4.69) is 204 Å². The van der Waals surface area contributed by atoms with Gasteiger partial charge in [0.15, 0.2) is 11.5 Å². The van der Waals surface area contributed by atoms with Crippen LogP contribution in [-0.4, -0.2) is 0 Å². The van der Waals surface area contributed by atoms with Crippen LogP contribution in [0.25, 0.3) is 44.5 Å². The molecule has 0 radical (unpaired) electrons. The molecular weight excluding hydrogens is 766 g/mol. The van der Waals surface area contributed by atoms with Crippen molar-refractivity contribution < 1.29 is 4.74 Å². The van der Waals surface area contributed by atoms with Crippen LogP contribution in [0.4, 0.5) is 17.1 Å². The number of hydrogen-bond acceptors (Lipinski definition) is 2. The Morgan fingerprint density at radius 1 is 0.423 bits per heavy atom. The largest absolute Gasteiger partial charge is 0.453 e. The van der Waals surface area contributed by atoms with Crippen LogP contribution in [0, 0.1) is 0 Å². The molecule has 0 unspecified atom stereocenters. The number of ether oxygens (including phenoxy) is 1. The van der Waals surface area contributed by atoms with Crippen LogP contribution in [0.5, 0.6) is 11.5 Å². The zero-order valence-corrected chi connectivity index (χ0v) is 32.6. The number of fused-ring (bicyclic) bond motifs is 8. The van der Waals surface area contributed by atoms with Gasteiger partial charge in [-0.2, -0.15) is 0 Å². The zero-order valence-electron chi connectivity index (χ0n) is 29.4. The highest BCUT2D eigenvalue weighted by atomic mass is 79.9. The van der Waals surface area contributed by atoms with E-state index in [9.17, 15) is 0 Å². The van der Waals surface area contributed by atoms with Gasteiger partial charge in [0.25, 0.3) is 0 Å². The molecule has 7 aromatic rings. The summed E-state index contributed by atoms with van der Waals surface area (Å²) in [5.41, 5.74) is 18.3. The average molecular weight is 802 g/mol. The first-order chi connectivity index (χ1) is 25.1. The molecule has 0 atom stereocenters. The molecule has 0 saturated heterocycles. The number of nitrogens with zero attached hydrogens (tertiary/aromatic N) is 1. The highest BCUT2D eigenvalue weighted by Gasteiger charge is 2.37. The molecular formula is C48H35Br2NO. The molecule has 7 aromatic carbocycles. The minimum Gasteiger partial charge on any atom is -0.453 e. The first kappa shape index (κ1) is 31.8. The van der Waals surface area contributed by atoms with Crippen LogP contribution >= 0.6 is 31.9 Å². The molecule has 0 bridgehead atoms. The molecule has 1 heterocycles. The van der Waals surface area contributed by atoms with Gasteiger partial charge in [0.05, 0.1) is 11.4 Å². The third-order valence-electron chi connectivity index (χ3n) is 11.6. The van der Waals surface area contributed by atoms with Crippen molar-refractivity contribution in [1.29, 1.82) is 0 Å². The lowest BCUT2D eigenvalue weighted by atomic mass is 9.81. The highest BCUT2D eigenvalue weighted by Crippen LogP contribution is 2.57. The molecule has 252 valence electrons. The Morgan fingerprint density at radius 2 is 0.846 bits per heavy atom.